The van der Waals surface area contributed by atoms with E-state index in [0.29, 0.717) is 0 Å². The highest BCUT2D eigenvalue weighted by molar-refractivity contribution is 7.91. The molecular formula is C12H15NO4S. The van der Waals surface area contributed by atoms with Crippen molar-refractivity contribution in [3.8, 4) is 0 Å². The Bertz CT molecular complexity index is 526. The minimum absolute atomic E-state index is 0.0140. The number of carbonyl (C=O) groups excluding carboxylic acids is 1. The molecule has 1 aromatic carbocycles. The SMILES string of the molecule is CC(=O)O[C@H]1CS(=O)(=O)C[C@H]1Nc1ccccc1. The van der Waals surface area contributed by atoms with Gasteiger partial charge in [0.1, 0.15) is 6.10 Å². The van der Waals surface area contributed by atoms with Crippen molar-refractivity contribution in [1.82, 2.24) is 0 Å². The number of sulfone groups is 1. The molecule has 0 aliphatic carbocycles. The fourth-order valence-electron chi connectivity index (χ4n) is 2.03. The Kier molecular flexibility index (Phi) is 3.56. The molecule has 1 aliphatic heterocycles. The number of hydrogen-bond donors (Lipinski definition) is 1. The van der Waals surface area contributed by atoms with Gasteiger partial charge < -0.3 is 10.1 Å². The van der Waals surface area contributed by atoms with Gasteiger partial charge in [-0.05, 0) is 12.1 Å². The van der Waals surface area contributed by atoms with Crippen LogP contribution in [0.1, 0.15) is 6.92 Å². The van der Waals surface area contributed by atoms with Crippen LogP contribution in [-0.4, -0.2) is 38.0 Å². The monoisotopic (exact) mass is 269 g/mol. The van der Waals surface area contributed by atoms with Crippen LogP contribution >= 0.6 is 0 Å². The number of hydrogen-bond acceptors (Lipinski definition) is 5. The average molecular weight is 269 g/mol. The second kappa shape index (κ2) is 4.97. The lowest BCUT2D eigenvalue weighted by atomic mass is 10.2. The lowest BCUT2D eigenvalue weighted by Crippen LogP contribution is -2.35. The zero-order chi connectivity index (χ0) is 13.2. The molecule has 0 amide bonds. The number of carbonyl (C=O) groups is 1. The molecule has 0 radical (unpaired) electrons. The Morgan fingerprint density at radius 3 is 2.56 bits per heavy atom. The van der Waals surface area contributed by atoms with E-state index in [2.05, 4.69) is 5.32 Å². The van der Waals surface area contributed by atoms with Crippen LogP contribution in [0.2, 0.25) is 0 Å². The van der Waals surface area contributed by atoms with Crippen molar-refractivity contribution in [2.24, 2.45) is 0 Å². The molecule has 1 saturated heterocycles. The maximum absolute atomic E-state index is 11.6. The predicted molar refractivity (Wildman–Crippen MR) is 68.1 cm³/mol. The molecule has 0 aromatic heterocycles. The Morgan fingerprint density at radius 1 is 1.28 bits per heavy atom. The first-order chi connectivity index (χ1) is 8.46. The Balaban J connectivity index is 2.12. The van der Waals surface area contributed by atoms with Crippen molar-refractivity contribution < 1.29 is 17.9 Å². The minimum atomic E-state index is -3.15. The van der Waals surface area contributed by atoms with Gasteiger partial charge in [0.2, 0.25) is 0 Å². The summed E-state index contributed by atoms with van der Waals surface area (Å²) >= 11 is 0. The number of benzene rings is 1. The topological polar surface area (TPSA) is 72.5 Å². The summed E-state index contributed by atoms with van der Waals surface area (Å²) in [5, 5.41) is 3.10. The molecule has 1 heterocycles. The molecule has 0 saturated carbocycles. The van der Waals surface area contributed by atoms with Crippen molar-refractivity contribution in [3.05, 3.63) is 30.3 Å². The first-order valence-electron chi connectivity index (χ1n) is 5.65. The first kappa shape index (κ1) is 12.9. The molecule has 98 valence electrons. The minimum Gasteiger partial charge on any atom is -0.459 e. The van der Waals surface area contributed by atoms with Crippen LogP contribution < -0.4 is 5.32 Å². The largest absolute Gasteiger partial charge is 0.459 e. The van der Waals surface area contributed by atoms with Crippen molar-refractivity contribution in [1.29, 1.82) is 0 Å². The molecule has 2 rings (SSSR count). The smallest absolute Gasteiger partial charge is 0.303 e. The Morgan fingerprint density at radius 2 is 1.94 bits per heavy atom. The number of ether oxygens (including phenoxy) is 1. The highest BCUT2D eigenvalue weighted by atomic mass is 32.2. The van der Waals surface area contributed by atoms with Crippen molar-refractivity contribution in [2.75, 3.05) is 16.8 Å². The molecule has 1 fully saturated rings. The summed E-state index contributed by atoms with van der Waals surface area (Å²) in [5.41, 5.74) is 0.816. The summed E-state index contributed by atoms with van der Waals surface area (Å²) < 4.78 is 28.2. The molecule has 0 unspecified atom stereocenters. The van der Waals surface area contributed by atoms with E-state index in [4.69, 9.17) is 4.74 Å². The molecule has 0 spiro atoms. The molecule has 18 heavy (non-hydrogen) atoms. The van der Waals surface area contributed by atoms with E-state index >= 15 is 0 Å². The Labute approximate surface area is 106 Å². The third-order valence-corrected chi connectivity index (χ3v) is 4.45. The van der Waals surface area contributed by atoms with E-state index in [1.54, 1.807) is 0 Å². The van der Waals surface area contributed by atoms with Gasteiger partial charge in [0.05, 0.1) is 17.5 Å². The van der Waals surface area contributed by atoms with Crippen LogP contribution in [0.15, 0.2) is 30.3 Å². The lowest BCUT2D eigenvalue weighted by Gasteiger charge is -2.20. The highest BCUT2D eigenvalue weighted by Gasteiger charge is 2.39. The van der Waals surface area contributed by atoms with Gasteiger partial charge in [-0.3, -0.25) is 4.79 Å². The van der Waals surface area contributed by atoms with Crippen LogP contribution in [-0.2, 0) is 19.4 Å². The zero-order valence-electron chi connectivity index (χ0n) is 10.00. The molecule has 1 N–H and O–H groups in total. The summed E-state index contributed by atoms with van der Waals surface area (Å²) in [6.45, 7) is 1.28. The summed E-state index contributed by atoms with van der Waals surface area (Å²) in [6.07, 6.45) is -0.618. The van der Waals surface area contributed by atoms with E-state index in [1.807, 2.05) is 30.3 Å². The van der Waals surface area contributed by atoms with E-state index in [9.17, 15) is 13.2 Å². The van der Waals surface area contributed by atoms with Crippen LogP contribution in [0.5, 0.6) is 0 Å². The van der Waals surface area contributed by atoms with Crippen molar-refractivity contribution in [3.63, 3.8) is 0 Å². The molecule has 2 atom stereocenters. The van der Waals surface area contributed by atoms with E-state index in [0.717, 1.165) is 5.69 Å². The number of para-hydroxylation sites is 1. The van der Waals surface area contributed by atoms with Crippen molar-refractivity contribution in [2.45, 2.75) is 19.1 Å². The second-order valence-corrected chi connectivity index (χ2v) is 6.50. The first-order valence-corrected chi connectivity index (χ1v) is 7.48. The number of esters is 1. The molecular weight excluding hydrogens is 254 g/mol. The van der Waals surface area contributed by atoms with Crippen LogP contribution in [0.25, 0.3) is 0 Å². The van der Waals surface area contributed by atoms with E-state index in [-0.39, 0.29) is 17.5 Å². The van der Waals surface area contributed by atoms with Crippen LogP contribution in [0.3, 0.4) is 0 Å². The highest BCUT2D eigenvalue weighted by Crippen LogP contribution is 2.20. The van der Waals surface area contributed by atoms with E-state index < -0.39 is 21.9 Å². The van der Waals surface area contributed by atoms with Crippen molar-refractivity contribution >= 4 is 21.5 Å². The molecule has 1 aliphatic rings. The van der Waals surface area contributed by atoms with Gasteiger partial charge in [-0.2, -0.15) is 0 Å². The van der Waals surface area contributed by atoms with Gasteiger partial charge in [-0.15, -0.1) is 0 Å². The Hall–Kier alpha value is -1.56. The third kappa shape index (κ3) is 3.22. The van der Waals surface area contributed by atoms with Gasteiger partial charge in [-0.25, -0.2) is 8.42 Å². The third-order valence-electron chi connectivity index (χ3n) is 2.74. The van der Waals surface area contributed by atoms with Gasteiger partial charge in [0, 0.05) is 12.6 Å². The summed E-state index contributed by atoms with van der Waals surface area (Å²) in [5.74, 6) is -0.589. The quantitative estimate of drug-likeness (QED) is 0.823. The average Bonchev–Trinajstić information content (AvgIpc) is 2.53. The van der Waals surface area contributed by atoms with Crippen LogP contribution in [0.4, 0.5) is 5.69 Å². The van der Waals surface area contributed by atoms with Crippen LogP contribution in [0, 0.1) is 0 Å². The lowest BCUT2D eigenvalue weighted by molar-refractivity contribution is -0.145. The van der Waals surface area contributed by atoms with Gasteiger partial charge in [0.25, 0.3) is 0 Å². The molecule has 0 bridgehead atoms. The normalized spacial score (nSPS) is 25.6. The molecule has 5 nitrogen and oxygen atoms in total. The van der Waals surface area contributed by atoms with E-state index in [1.165, 1.54) is 6.92 Å². The summed E-state index contributed by atoms with van der Waals surface area (Å²) in [4.78, 5) is 11.0. The second-order valence-electron chi connectivity index (χ2n) is 4.34. The number of nitrogens with one attached hydrogen (secondary N) is 1. The maximum atomic E-state index is 11.6. The predicted octanol–water partition coefficient (Wildman–Crippen LogP) is 0.827. The fraction of sp³-hybridized carbons (Fsp3) is 0.417. The van der Waals surface area contributed by atoms with Gasteiger partial charge >= 0.3 is 5.97 Å². The summed E-state index contributed by atoms with van der Waals surface area (Å²) in [6, 6.07) is 8.88. The number of rotatable bonds is 3. The maximum Gasteiger partial charge on any atom is 0.303 e. The van der Waals surface area contributed by atoms with Gasteiger partial charge in [0.15, 0.2) is 9.84 Å². The zero-order valence-corrected chi connectivity index (χ0v) is 10.8. The fourth-order valence-corrected chi connectivity index (χ4v) is 3.81. The standard InChI is InChI=1S/C12H15NO4S/c1-9(14)17-12-8-18(15,16)7-11(12)13-10-5-3-2-4-6-10/h2-6,11-13H,7-8H2,1H3/t11-,12+/m1/s1. The number of anilines is 1. The summed E-state index contributed by atoms with van der Waals surface area (Å²) in [7, 11) is -3.15. The van der Waals surface area contributed by atoms with Gasteiger partial charge in [-0.1, -0.05) is 18.2 Å². The molecule has 6 heteroatoms. The molecule has 1 aromatic rings.